The number of methoxy groups -OCH3 is 1. The van der Waals surface area contributed by atoms with Crippen LogP contribution in [-0.2, 0) is 9.53 Å². The quantitative estimate of drug-likeness (QED) is 0.625. The number of hydrogen-bond acceptors (Lipinski definition) is 3. The minimum Gasteiger partial charge on any atom is -0.491 e. The van der Waals surface area contributed by atoms with E-state index in [4.69, 9.17) is 9.47 Å². The lowest BCUT2D eigenvalue weighted by Gasteiger charge is -2.34. The largest absolute Gasteiger partial charge is 0.491 e. The van der Waals surface area contributed by atoms with E-state index in [9.17, 15) is 4.79 Å². The van der Waals surface area contributed by atoms with Crippen LogP contribution in [0.1, 0.15) is 60.8 Å². The molecule has 0 bridgehead atoms. The maximum atomic E-state index is 13.0. The molecule has 1 aromatic rings. The van der Waals surface area contributed by atoms with Gasteiger partial charge >= 0.3 is 0 Å². The van der Waals surface area contributed by atoms with Gasteiger partial charge in [-0.25, -0.2) is 0 Å². The second-order valence-corrected chi connectivity index (χ2v) is 7.71. The third-order valence-corrected chi connectivity index (χ3v) is 4.30. The number of hydrogen-bond donors (Lipinski definition) is 1. The maximum Gasteiger partial charge on any atom is 0.256 e. The van der Waals surface area contributed by atoms with Crippen molar-refractivity contribution in [1.29, 1.82) is 0 Å². The van der Waals surface area contributed by atoms with Crippen LogP contribution in [0.5, 0.6) is 5.75 Å². The molecule has 0 unspecified atom stereocenters. The van der Waals surface area contributed by atoms with E-state index < -0.39 is 5.60 Å². The van der Waals surface area contributed by atoms with Gasteiger partial charge in [0.1, 0.15) is 11.4 Å². The van der Waals surface area contributed by atoms with Gasteiger partial charge in [-0.2, -0.15) is 0 Å². The van der Waals surface area contributed by atoms with Gasteiger partial charge in [0.2, 0.25) is 0 Å². The summed E-state index contributed by atoms with van der Waals surface area (Å²) >= 11 is 0. The molecule has 1 atom stereocenters. The minimum atomic E-state index is -0.797. The van der Waals surface area contributed by atoms with Gasteiger partial charge in [0.05, 0.1) is 6.10 Å². The highest BCUT2D eigenvalue weighted by Gasteiger charge is 2.39. The van der Waals surface area contributed by atoms with Crippen LogP contribution in [0.3, 0.4) is 0 Å². The van der Waals surface area contributed by atoms with E-state index >= 15 is 0 Å². The highest BCUT2D eigenvalue weighted by atomic mass is 16.5. The first-order valence-corrected chi connectivity index (χ1v) is 9.35. The zero-order valence-corrected chi connectivity index (χ0v) is 16.9. The molecule has 25 heavy (non-hydrogen) atoms. The van der Waals surface area contributed by atoms with E-state index in [1.807, 2.05) is 31.2 Å². The second-order valence-electron chi connectivity index (χ2n) is 7.71. The van der Waals surface area contributed by atoms with Crippen molar-refractivity contribution >= 4 is 11.6 Å². The molecule has 1 N–H and O–H groups in total. The fourth-order valence-corrected chi connectivity index (χ4v) is 3.02. The van der Waals surface area contributed by atoms with Gasteiger partial charge in [0.25, 0.3) is 5.91 Å². The topological polar surface area (TPSA) is 47.6 Å². The Morgan fingerprint density at radius 3 is 1.96 bits per heavy atom. The van der Waals surface area contributed by atoms with Gasteiger partial charge in [-0.1, -0.05) is 34.6 Å². The average Bonchev–Trinajstić information content (AvgIpc) is 2.54. The first-order valence-electron chi connectivity index (χ1n) is 9.35. The van der Waals surface area contributed by atoms with Crippen LogP contribution in [0.4, 0.5) is 5.69 Å². The summed E-state index contributed by atoms with van der Waals surface area (Å²) in [7, 11) is 1.63. The van der Waals surface area contributed by atoms with Gasteiger partial charge < -0.3 is 14.8 Å². The van der Waals surface area contributed by atoms with Gasteiger partial charge in [-0.15, -0.1) is 0 Å². The SMILES string of the molecule is CC[C@H](C)Oc1ccc(NC(=O)C(CC(C)C)(CC(C)C)OC)cc1. The number of anilines is 1. The highest BCUT2D eigenvalue weighted by Crippen LogP contribution is 2.30. The molecule has 142 valence electrons. The number of carbonyl (C=O) groups is 1. The Bertz CT molecular complexity index is 512. The molecule has 0 saturated carbocycles. The summed E-state index contributed by atoms with van der Waals surface area (Å²) in [6.07, 6.45) is 2.53. The van der Waals surface area contributed by atoms with E-state index in [2.05, 4.69) is 39.9 Å². The molecule has 1 amide bonds. The molecular weight excluding hydrogens is 314 g/mol. The van der Waals surface area contributed by atoms with E-state index in [0.717, 1.165) is 17.9 Å². The Labute approximate surface area is 153 Å². The van der Waals surface area contributed by atoms with Crippen LogP contribution in [-0.4, -0.2) is 24.7 Å². The summed E-state index contributed by atoms with van der Waals surface area (Å²) in [5, 5.41) is 3.02. The third-order valence-electron chi connectivity index (χ3n) is 4.30. The molecule has 0 aliphatic carbocycles. The van der Waals surface area contributed by atoms with Gasteiger partial charge in [-0.05, 0) is 62.3 Å². The normalized spacial score (nSPS) is 13.2. The van der Waals surface area contributed by atoms with E-state index in [1.165, 1.54) is 0 Å². The Morgan fingerprint density at radius 1 is 1.04 bits per heavy atom. The first kappa shape index (κ1) is 21.5. The number of nitrogens with one attached hydrogen (secondary N) is 1. The monoisotopic (exact) mass is 349 g/mol. The molecule has 1 aromatic carbocycles. The van der Waals surface area contributed by atoms with E-state index in [-0.39, 0.29) is 12.0 Å². The maximum absolute atomic E-state index is 13.0. The Morgan fingerprint density at radius 2 is 1.56 bits per heavy atom. The summed E-state index contributed by atoms with van der Waals surface area (Å²) < 4.78 is 11.5. The first-order chi connectivity index (χ1) is 11.7. The molecule has 0 heterocycles. The summed E-state index contributed by atoms with van der Waals surface area (Å²) in [4.78, 5) is 13.0. The van der Waals surface area contributed by atoms with E-state index in [1.54, 1.807) is 7.11 Å². The van der Waals surface area contributed by atoms with Crippen LogP contribution < -0.4 is 10.1 Å². The highest BCUT2D eigenvalue weighted by molar-refractivity contribution is 5.97. The zero-order chi connectivity index (χ0) is 19.0. The Hall–Kier alpha value is -1.55. The fourth-order valence-electron chi connectivity index (χ4n) is 3.02. The number of rotatable bonds is 10. The molecule has 0 saturated heterocycles. The Kier molecular flexibility index (Phi) is 8.43. The van der Waals surface area contributed by atoms with Crippen molar-refractivity contribution in [3.63, 3.8) is 0 Å². The summed E-state index contributed by atoms with van der Waals surface area (Å²) in [6.45, 7) is 12.6. The summed E-state index contributed by atoms with van der Waals surface area (Å²) in [5.74, 6) is 1.48. The van der Waals surface area contributed by atoms with Crippen molar-refractivity contribution < 1.29 is 14.3 Å². The molecule has 0 radical (unpaired) electrons. The van der Waals surface area contributed by atoms with Crippen LogP contribution in [0.15, 0.2) is 24.3 Å². The minimum absolute atomic E-state index is 0.0759. The standard InChI is InChI=1S/C21H35NO3/c1-8-17(6)25-19-11-9-18(10-12-19)22-20(23)21(24-7,13-15(2)3)14-16(4)5/h9-12,15-17H,8,13-14H2,1-7H3,(H,22,23)/t17-/m0/s1. The van der Waals surface area contributed by atoms with Crippen molar-refractivity contribution in [2.45, 2.75) is 72.5 Å². The smallest absolute Gasteiger partial charge is 0.256 e. The molecule has 4 nitrogen and oxygen atoms in total. The predicted molar refractivity (Wildman–Crippen MR) is 104 cm³/mol. The van der Waals surface area contributed by atoms with Crippen LogP contribution in [0.2, 0.25) is 0 Å². The molecule has 0 spiro atoms. The molecule has 0 aromatic heterocycles. The molecular formula is C21H35NO3. The van der Waals surface area contributed by atoms with Crippen LogP contribution >= 0.6 is 0 Å². The molecule has 0 aliphatic heterocycles. The average molecular weight is 350 g/mol. The molecule has 1 rings (SSSR count). The van der Waals surface area contributed by atoms with E-state index in [0.29, 0.717) is 24.7 Å². The van der Waals surface area contributed by atoms with Crippen molar-refractivity contribution in [3.8, 4) is 5.75 Å². The predicted octanol–water partition coefficient (Wildman–Crippen LogP) is 5.28. The fraction of sp³-hybridized carbons (Fsp3) is 0.667. The summed E-state index contributed by atoms with van der Waals surface area (Å²) in [6, 6.07) is 7.53. The van der Waals surface area contributed by atoms with Crippen molar-refractivity contribution in [2.75, 3.05) is 12.4 Å². The zero-order valence-electron chi connectivity index (χ0n) is 16.9. The lowest BCUT2D eigenvalue weighted by atomic mass is 9.84. The Balaban J connectivity index is 2.88. The van der Waals surface area contributed by atoms with Crippen molar-refractivity contribution in [3.05, 3.63) is 24.3 Å². The lowest BCUT2D eigenvalue weighted by molar-refractivity contribution is -0.142. The molecule has 0 aliphatic rings. The van der Waals surface area contributed by atoms with Gasteiger partial charge in [0, 0.05) is 12.8 Å². The van der Waals surface area contributed by atoms with Gasteiger partial charge in [0.15, 0.2) is 0 Å². The van der Waals surface area contributed by atoms with Crippen molar-refractivity contribution in [1.82, 2.24) is 0 Å². The molecule has 0 fully saturated rings. The number of ether oxygens (including phenoxy) is 2. The second kappa shape index (κ2) is 9.81. The van der Waals surface area contributed by atoms with Crippen LogP contribution in [0, 0.1) is 11.8 Å². The molecule has 4 heteroatoms. The third kappa shape index (κ3) is 6.69. The number of benzene rings is 1. The van der Waals surface area contributed by atoms with Gasteiger partial charge in [-0.3, -0.25) is 4.79 Å². The lowest BCUT2D eigenvalue weighted by Crippen LogP contribution is -2.46. The van der Waals surface area contributed by atoms with Crippen molar-refractivity contribution in [2.24, 2.45) is 11.8 Å². The summed E-state index contributed by atoms with van der Waals surface area (Å²) in [5.41, 5.74) is -0.0377. The van der Waals surface area contributed by atoms with Crippen LogP contribution in [0.25, 0.3) is 0 Å². The number of carbonyl (C=O) groups excluding carboxylic acids is 1. The number of amides is 1.